The van der Waals surface area contributed by atoms with Crippen LogP contribution in [0.25, 0.3) is 154 Å². The molecule has 66 heavy (non-hydrogen) atoms. The van der Waals surface area contributed by atoms with Crippen LogP contribution in [-0.4, -0.2) is 9.13 Å². The van der Waals surface area contributed by atoms with E-state index in [0.717, 1.165) is 0 Å². The average molecular weight is 833 g/mol. The van der Waals surface area contributed by atoms with Gasteiger partial charge >= 0.3 is 0 Å². The third-order valence-electron chi connectivity index (χ3n) is 15.1. The monoisotopic (exact) mass is 832 g/mol. The quantitative estimate of drug-likeness (QED) is 0.168. The lowest BCUT2D eigenvalue weighted by atomic mass is 9.95. The first-order valence-corrected chi connectivity index (χ1v) is 23.0. The molecule has 0 amide bonds. The van der Waals surface area contributed by atoms with Crippen molar-refractivity contribution in [3.05, 3.63) is 218 Å². The number of nitrogens with zero attached hydrogens (tertiary/aromatic N) is 2. The van der Waals surface area contributed by atoms with E-state index in [1.807, 2.05) is 0 Å². The molecular formula is C64H36N2. The van der Waals surface area contributed by atoms with Gasteiger partial charge in [0.15, 0.2) is 0 Å². The summed E-state index contributed by atoms with van der Waals surface area (Å²) in [5, 5.41) is 15.3. The molecule has 0 saturated heterocycles. The minimum Gasteiger partial charge on any atom is -0.309 e. The van der Waals surface area contributed by atoms with Gasteiger partial charge in [-0.2, -0.15) is 0 Å². The molecule has 2 nitrogen and oxygen atoms in total. The molecule has 0 aliphatic heterocycles. The first kappa shape index (κ1) is 34.7. The Hall–Kier alpha value is -8.72. The van der Waals surface area contributed by atoms with Crippen LogP contribution in [0.4, 0.5) is 0 Å². The second-order valence-corrected chi connectivity index (χ2v) is 18.4. The molecule has 0 radical (unpaired) electrons. The Bertz CT molecular complexity index is 4510. The molecule has 2 aliphatic rings. The van der Waals surface area contributed by atoms with Crippen molar-refractivity contribution < 1.29 is 0 Å². The smallest absolute Gasteiger partial charge is 0.0625 e. The molecule has 0 saturated carbocycles. The van der Waals surface area contributed by atoms with E-state index < -0.39 is 0 Å². The van der Waals surface area contributed by atoms with Crippen molar-refractivity contribution in [3.63, 3.8) is 0 Å². The molecule has 16 rings (SSSR count). The summed E-state index contributed by atoms with van der Waals surface area (Å²) in [5.74, 6) is 0. The lowest BCUT2D eigenvalue weighted by Gasteiger charge is -2.14. The van der Waals surface area contributed by atoms with E-state index in [-0.39, 0.29) is 0 Å². The molecule has 14 aromatic rings. The Labute approximate surface area is 379 Å². The van der Waals surface area contributed by atoms with Crippen LogP contribution in [0.2, 0.25) is 0 Å². The van der Waals surface area contributed by atoms with Gasteiger partial charge in [0.25, 0.3) is 0 Å². The number of hydrogen-bond acceptors (Lipinski definition) is 0. The zero-order valence-electron chi connectivity index (χ0n) is 35.7. The van der Waals surface area contributed by atoms with Gasteiger partial charge in [0.05, 0.1) is 22.1 Å². The van der Waals surface area contributed by atoms with Crippen molar-refractivity contribution in [2.45, 2.75) is 0 Å². The molecule has 2 heteroatoms. The Kier molecular flexibility index (Phi) is 6.58. The maximum Gasteiger partial charge on any atom is 0.0625 e. The minimum absolute atomic E-state index is 1.17. The predicted molar refractivity (Wildman–Crippen MR) is 279 cm³/mol. The summed E-state index contributed by atoms with van der Waals surface area (Å²) in [6, 6.07) is 82.1. The largest absolute Gasteiger partial charge is 0.309 e. The molecule has 12 aromatic carbocycles. The van der Waals surface area contributed by atoms with Gasteiger partial charge in [0, 0.05) is 44.0 Å². The summed E-state index contributed by atoms with van der Waals surface area (Å²) in [5.41, 5.74) is 20.2. The highest BCUT2D eigenvalue weighted by molar-refractivity contribution is 6.28. The maximum atomic E-state index is 2.56. The van der Waals surface area contributed by atoms with E-state index in [2.05, 4.69) is 228 Å². The minimum atomic E-state index is 1.17. The Morgan fingerprint density at radius 3 is 1.64 bits per heavy atom. The third kappa shape index (κ3) is 4.45. The van der Waals surface area contributed by atoms with Gasteiger partial charge in [-0.15, -0.1) is 0 Å². The van der Waals surface area contributed by atoms with Crippen molar-refractivity contribution >= 4 is 86.7 Å². The maximum absolute atomic E-state index is 2.56. The summed E-state index contributed by atoms with van der Waals surface area (Å²) in [6.45, 7) is 0. The SMILES string of the molecule is c1ccc2cc(-n3c4ccccc4c4c5c(ccc43)-c3cc(-c4ccc6c7ccc8c(c7n(-c7ccc9ccccc9c7)c6c4)-c4cccc6cccc-8c46)cc4cccc-5c34)ccc2c1. The molecule has 0 unspecified atom stereocenters. The fourth-order valence-electron chi connectivity index (χ4n) is 12.3. The zero-order valence-corrected chi connectivity index (χ0v) is 35.7. The molecular weight excluding hydrogens is 797 g/mol. The van der Waals surface area contributed by atoms with Crippen LogP contribution >= 0.6 is 0 Å². The Morgan fingerprint density at radius 1 is 0.242 bits per heavy atom. The lowest BCUT2D eigenvalue weighted by molar-refractivity contribution is 1.19. The molecule has 2 aliphatic carbocycles. The van der Waals surface area contributed by atoms with Gasteiger partial charge in [-0.05, 0) is 142 Å². The van der Waals surface area contributed by atoms with E-state index in [1.165, 1.54) is 154 Å². The summed E-state index contributed by atoms with van der Waals surface area (Å²) < 4.78 is 5.02. The van der Waals surface area contributed by atoms with Crippen molar-refractivity contribution in [2.75, 3.05) is 0 Å². The van der Waals surface area contributed by atoms with E-state index in [0.29, 0.717) is 0 Å². The van der Waals surface area contributed by atoms with Gasteiger partial charge in [-0.1, -0.05) is 164 Å². The van der Waals surface area contributed by atoms with Crippen LogP contribution < -0.4 is 0 Å². The molecule has 0 N–H and O–H groups in total. The third-order valence-corrected chi connectivity index (χ3v) is 15.1. The van der Waals surface area contributed by atoms with Gasteiger partial charge in [-0.25, -0.2) is 0 Å². The summed E-state index contributed by atoms with van der Waals surface area (Å²) in [4.78, 5) is 0. The zero-order chi connectivity index (χ0) is 42.8. The molecule has 0 bridgehead atoms. The van der Waals surface area contributed by atoms with Gasteiger partial charge < -0.3 is 9.13 Å². The molecule has 2 heterocycles. The Morgan fingerprint density at radius 2 is 0.848 bits per heavy atom. The molecule has 0 atom stereocenters. The fourth-order valence-corrected chi connectivity index (χ4v) is 12.3. The second-order valence-electron chi connectivity index (χ2n) is 18.4. The molecule has 0 fully saturated rings. The van der Waals surface area contributed by atoms with E-state index in [1.54, 1.807) is 0 Å². The second kappa shape index (κ2) is 12.5. The van der Waals surface area contributed by atoms with Crippen LogP contribution in [0.3, 0.4) is 0 Å². The van der Waals surface area contributed by atoms with Crippen molar-refractivity contribution in [1.82, 2.24) is 9.13 Å². The molecule has 2 aromatic heterocycles. The van der Waals surface area contributed by atoms with E-state index in [4.69, 9.17) is 0 Å². The predicted octanol–water partition coefficient (Wildman–Crippen LogP) is 17.5. The number of hydrogen-bond donors (Lipinski definition) is 0. The topological polar surface area (TPSA) is 9.86 Å². The van der Waals surface area contributed by atoms with E-state index >= 15 is 0 Å². The summed E-state index contributed by atoms with van der Waals surface area (Å²) in [7, 11) is 0. The van der Waals surface area contributed by atoms with Crippen molar-refractivity contribution in [1.29, 1.82) is 0 Å². The molecule has 0 spiro atoms. The fraction of sp³-hybridized carbons (Fsp3) is 0. The van der Waals surface area contributed by atoms with Crippen LogP contribution in [0.15, 0.2) is 218 Å². The number of rotatable bonds is 3. The van der Waals surface area contributed by atoms with Gasteiger partial charge in [0.2, 0.25) is 0 Å². The van der Waals surface area contributed by atoms with Gasteiger partial charge in [-0.3, -0.25) is 0 Å². The van der Waals surface area contributed by atoms with Crippen LogP contribution in [0, 0.1) is 0 Å². The first-order chi connectivity index (χ1) is 32.7. The Balaban J connectivity index is 0.937. The first-order valence-electron chi connectivity index (χ1n) is 23.0. The number of benzene rings is 12. The highest BCUT2D eigenvalue weighted by atomic mass is 15.0. The van der Waals surface area contributed by atoms with Crippen LogP contribution in [0.5, 0.6) is 0 Å². The van der Waals surface area contributed by atoms with Crippen LogP contribution in [-0.2, 0) is 0 Å². The summed E-state index contributed by atoms with van der Waals surface area (Å²) in [6.07, 6.45) is 0. The number of fused-ring (bicyclic) bond motifs is 16. The molecule has 302 valence electrons. The standard InChI is InChI=1S/C64H36N2/c1-3-12-40-33-45(25-22-37(40)10-1)65-56-21-6-5-17-52(56)63-57(65)31-30-50-55-35-44(32-43-16-9-19-53(60(43)55)61(50)63)42-24-27-47-51-29-28-49-48-18-7-14-39-15-8-20-54(59(39)48)62(49)64(51)66(58(47)36-42)46-26-23-38-11-2-4-13-41(38)34-46/h1-36H. The average Bonchev–Trinajstić information content (AvgIpc) is 4.10. The summed E-state index contributed by atoms with van der Waals surface area (Å²) >= 11 is 0. The number of para-hydroxylation sites is 1. The van der Waals surface area contributed by atoms with Crippen LogP contribution in [0.1, 0.15) is 0 Å². The van der Waals surface area contributed by atoms with Gasteiger partial charge in [0.1, 0.15) is 0 Å². The highest BCUT2D eigenvalue weighted by Gasteiger charge is 2.29. The highest BCUT2D eigenvalue weighted by Crippen LogP contribution is 2.55. The van der Waals surface area contributed by atoms with Crippen molar-refractivity contribution in [3.8, 4) is 67.0 Å². The lowest BCUT2D eigenvalue weighted by Crippen LogP contribution is -1.96. The number of aromatic nitrogens is 2. The van der Waals surface area contributed by atoms with Crippen molar-refractivity contribution in [2.24, 2.45) is 0 Å². The normalized spacial score (nSPS) is 12.5. The van der Waals surface area contributed by atoms with E-state index in [9.17, 15) is 0 Å².